The van der Waals surface area contributed by atoms with Crippen molar-refractivity contribution < 1.29 is 18.0 Å². The number of benzene rings is 2. The highest BCUT2D eigenvalue weighted by Gasteiger charge is 2.43. The van der Waals surface area contributed by atoms with E-state index in [2.05, 4.69) is 10.1 Å². The number of aromatic nitrogens is 3. The van der Waals surface area contributed by atoms with Gasteiger partial charge in [-0.1, -0.05) is 12.1 Å². The number of halogens is 3. The normalized spacial score (nSPS) is 14.8. The maximum absolute atomic E-state index is 15.1. The second kappa shape index (κ2) is 7.25. The topological polar surface area (TPSA) is 51.0 Å². The average Bonchev–Trinajstić information content (AvgIpc) is 3.28. The van der Waals surface area contributed by atoms with Crippen LogP contribution in [0.2, 0.25) is 0 Å². The van der Waals surface area contributed by atoms with Crippen molar-refractivity contribution in [3.63, 3.8) is 0 Å². The summed E-state index contributed by atoms with van der Waals surface area (Å²) < 4.78 is 44.2. The first kappa shape index (κ1) is 20.4. The number of hydrogen-bond acceptors (Lipinski definition) is 3. The first-order valence-corrected chi connectivity index (χ1v) is 9.67. The van der Waals surface area contributed by atoms with Crippen LogP contribution in [-0.4, -0.2) is 41.3 Å². The van der Waals surface area contributed by atoms with Gasteiger partial charge in [-0.05, 0) is 41.5 Å². The van der Waals surface area contributed by atoms with Gasteiger partial charge in [0.15, 0.2) is 6.80 Å². The van der Waals surface area contributed by atoms with Crippen LogP contribution in [-0.2, 0) is 18.7 Å². The van der Waals surface area contributed by atoms with E-state index in [4.69, 9.17) is 15.7 Å². The van der Waals surface area contributed by atoms with Crippen molar-refractivity contribution in [2.45, 2.75) is 18.7 Å². The molecule has 4 aromatic rings. The Labute approximate surface area is 183 Å². The lowest BCUT2D eigenvalue weighted by atomic mass is 9.59. The van der Waals surface area contributed by atoms with Crippen molar-refractivity contribution in [1.82, 2.24) is 19.7 Å². The maximum atomic E-state index is 15.1. The first-order chi connectivity index (χ1) is 15.3. The lowest BCUT2D eigenvalue weighted by molar-refractivity contribution is 0.0727. The summed E-state index contributed by atoms with van der Waals surface area (Å²) in [6.07, 6.45) is 2.91. The summed E-state index contributed by atoms with van der Waals surface area (Å²) in [6, 6.07) is 10.4. The van der Waals surface area contributed by atoms with Crippen molar-refractivity contribution in [1.29, 1.82) is 0 Å². The van der Waals surface area contributed by atoms with Gasteiger partial charge >= 0.3 is 0 Å². The van der Waals surface area contributed by atoms with Crippen LogP contribution in [0.5, 0.6) is 0 Å². The van der Waals surface area contributed by atoms with Crippen LogP contribution in [0.1, 0.15) is 21.6 Å². The SMILES string of the molecule is [B]C1([B])c2ncccc2C(=O)N1Cc1c(F)cc(-c2cccc3nn(CF)cc23)cc1F. The van der Waals surface area contributed by atoms with Gasteiger partial charge < -0.3 is 4.90 Å². The number of rotatable bonds is 4. The number of amides is 1. The molecule has 0 aliphatic carbocycles. The van der Waals surface area contributed by atoms with Gasteiger partial charge in [0.2, 0.25) is 0 Å². The number of fused-ring (bicyclic) bond motifs is 2. The molecule has 0 atom stereocenters. The molecule has 5 nitrogen and oxygen atoms in total. The number of hydrogen-bond donors (Lipinski definition) is 0. The van der Waals surface area contributed by atoms with Gasteiger partial charge in [-0.3, -0.25) is 9.78 Å². The summed E-state index contributed by atoms with van der Waals surface area (Å²) in [5, 5.41) is 2.81. The van der Waals surface area contributed by atoms with E-state index in [0.29, 0.717) is 16.5 Å². The van der Waals surface area contributed by atoms with Gasteiger partial charge in [0.05, 0.1) is 39.0 Å². The Morgan fingerprint density at radius 3 is 2.44 bits per heavy atom. The Morgan fingerprint density at radius 1 is 1.03 bits per heavy atom. The molecule has 10 heteroatoms. The van der Waals surface area contributed by atoms with Crippen LogP contribution in [0, 0.1) is 11.6 Å². The summed E-state index contributed by atoms with van der Waals surface area (Å²) in [5.41, 5.74) is 1.20. The predicted octanol–water partition coefficient (Wildman–Crippen LogP) is 3.41. The molecule has 1 amide bonds. The molecule has 0 bridgehead atoms. The number of alkyl halides is 1. The highest BCUT2D eigenvalue weighted by Crippen LogP contribution is 2.36. The monoisotopic (exact) mass is 428 g/mol. The predicted molar refractivity (Wildman–Crippen MR) is 113 cm³/mol. The molecule has 154 valence electrons. The van der Waals surface area contributed by atoms with E-state index in [0.717, 1.165) is 21.7 Å². The first-order valence-electron chi connectivity index (χ1n) is 9.67. The number of pyridine rings is 1. The molecule has 1 aliphatic rings. The van der Waals surface area contributed by atoms with Gasteiger partial charge in [0.1, 0.15) is 11.6 Å². The molecule has 0 unspecified atom stereocenters. The van der Waals surface area contributed by atoms with Crippen molar-refractivity contribution in [3.8, 4) is 11.1 Å². The minimum absolute atomic E-state index is 0.138. The van der Waals surface area contributed by atoms with E-state index >= 15 is 8.78 Å². The molecule has 2 aromatic heterocycles. The fraction of sp³-hybridized carbons (Fsp3) is 0.136. The average molecular weight is 428 g/mol. The minimum Gasteiger partial charge on any atom is -0.340 e. The Kier molecular flexibility index (Phi) is 4.62. The minimum atomic E-state index is -1.81. The van der Waals surface area contributed by atoms with Crippen molar-refractivity contribution in [2.75, 3.05) is 0 Å². The zero-order valence-electron chi connectivity index (χ0n) is 16.6. The molecule has 3 heterocycles. The summed E-state index contributed by atoms with van der Waals surface area (Å²) >= 11 is 0. The third-order valence-electron chi connectivity index (χ3n) is 5.60. The zero-order chi connectivity index (χ0) is 22.6. The number of carbonyl (C=O) groups is 1. The maximum Gasteiger partial charge on any atom is 0.255 e. The van der Waals surface area contributed by atoms with Gasteiger partial charge in [-0.25, -0.2) is 17.9 Å². The van der Waals surface area contributed by atoms with E-state index in [1.807, 2.05) is 0 Å². The van der Waals surface area contributed by atoms with Gasteiger partial charge in [-0.2, -0.15) is 5.10 Å². The Hall–Kier alpha value is -3.55. The molecule has 5 rings (SSSR count). The van der Waals surface area contributed by atoms with Crippen LogP contribution in [0.4, 0.5) is 13.2 Å². The van der Waals surface area contributed by atoms with Crippen LogP contribution >= 0.6 is 0 Å². The Bertz CT molecular complexity index is 1370. The molecule has 2 aromatic carbocycles. The second-order valence-electron chi connectivity index (χ2n) is 7.56. The van der Waals surface area contributed by atoms with E-state index < -0.39 is 36.2 Å². The summed E-state index contributed by atoms with van der Waals surface area (Å²) in [6.45, 7) is -1.30. The highest BCUT2D eigenvalue weighted by atomic mass is 19.1. The van der Waals surface area contributed by atoms with E-state index in [9.17, 15) is 9.18 Å². The molecular weight excluding hydrogens is 415 g/mol. The van der Waals surface area contributed by atoms with Gasteiger partial charge in [0.25, 0.3) is 5.91 Å². The van der Waals surface area contributed by atoms with E-state index in [1.165, 1.54) is 18.5 Å². The Morgan fingerprint density at radius 2 is 1.75 bits per heavy atom. The zero-order valence-corrected chi connectivity index (χ0v) is 16.6. The molecule has 0 saturated heterocycles. The summed E-state index contributed by atoms with van der Waals surface area (Å²) in [5.74, 6) is -2.31. The fourth-order valence-electron chi connectivity index (χ4n) is 4.01. The molecule has 0 fully saturated rings. The van der Waals surface area contributed by atoms with Crippen molar-refractivity contribution in [3.05, 3.63) is 83.3 Å². The number of nitrogens with zero attached hydrogens (tertiary/aromatic N) is 4. The Balaban J connectivity index is 1.54. The summed E-state index contributed by atoms with van der Waals surface area (Å²) in [7, 11) is 12.2. The quantitative estimate of drug-likeness (QED) is 0.469. The summed E-state index contributed by atoms with van der Waals surface area (Å²) in [4.78, 5) is 17.8. The lowest BCUT2D eigenvalue weighted by Gasteiger charge is -2.33. The van der Waals surface area contributed by atoms with Crippen molar-refractivity contribution >= 4 is 32.5 Å². The third kappa shape index (κ3) is 3.01. The van der Waals surface area contributed by atoms with E-state index in [1.54, 1.807) is 24.3 Å². The molecule has 0 spiro atoms. The molecule has 32 heavy (non-hydrogen) atoms. The van der Waals surface area contributed by atoms with Crippen molar-refractivity contribution in [2.24, 2.45) is 0 Å². The van der Waals surface area contributed by atoms with E-state index in [-0.39, 0.29) is 22.4 Å². The van der Waals surface area contributed by atoms with Gasteiger partial charge in [0, 0.05) is 28.7 Å². The molecular formula is C22H13B2F3N4O. The standard InChI is InChI=1S/C22H13B2F3N4O/c23-22(24)20-14(4-2-6-28-20)21(32)31(22)10-16-17(26)7-12(8-18(16)27)13-3-1-5-19-15(13)9-30(11-25)29-19/h1-9H,10-11H2. The molecule has 0 saturated carbocycles. The van der Waals surface area contributed by atoms with Gasteiger partial charge in [-0.15, -0.1) is 0 Å². The smallest absolute Gasteiger partial charge is 0.255 e. The molecule has 4 radical (unpaired) electrons. The lowest BCUT2D eigenvalue weighted by Crippen LogP contribution is -2.45. The highest BCUT2D eigenvalue weighted by molar-refractivity contribution is 6.42. The third-order valence-corrected chi connectivity index (χ3v) is 5.60. The van der Waals surface area contributed by atoms with Crippen LogP contribution < -0.4 is 0 Å². The van der Waals surface area contributed by atoms with Crippen LogP contribution in [0.15, 0.2) is 54.9 Å². The molecule has 1 aliphatic heterocycles. The second-order valence-corrected chi connectivity index (χ2v) is 7.56. The van der Waals surface area contributed by atoms with Crippen LogP contribution in [0.25, 0.3) is 22.0 Å². The number of carbonyl (C=O) groups excluding carboxylic acids is 1. The largest absolute Gasteiger partial charge is 0.340 e. The molecule has 0 N–H and O–H groups in total. The van der Waals surface area contributed by atoms with Crippen LogP contribution in [0.3, 0.4) is 0 Å². The fourth-order valence-corrected chi connectivity index (χ4v) is 4.01.